The summed E-state index contributed by atoms with van der Waals surface area (Å²) >= 11 is 0. The Morgan fingerprint density at radius 1 is 1.14 bits per heavy atom. The lowest BCUT2D eigenvalue weighted by molar-refractivity contribution is -0.137. The fraction of sp³-hybridized carbons (Fsp3) is 0.909. The van der Waals surface area contributed by atoms with Crippen molar-refractivity contribution < 1.29 is 4.79 Å². The largest absolute Gasteiger partial charge is 0.299 e. The summed E-state index contributed by atoms with van der Waals surface area (Å²) in [6, 6.07) is 0.164. The lowest BCUT2D eigenvalue weighted by Crippen LogP contribution is -2.64. The molecule has 0 radical (unpaired) electrons. The van der Waals surface area contributed by atoms with Crippen LogP contribution in [-0.2, 0) is 4.79 Å². The highest BCUT2D eigenvalue weighted by molar-refractivity contribution is 5.89. The van der Waals surface area contributed by atoms with Crippen LogP contribution in [0.15, 0.2) is 0 Å². The average Bonchev–Trinajstić information content (AvgIpc) is 2.17. The van der Waals surface area contributed by atoms with Crippen molar-refractivity contribution >= 4 is 5.78 Å². The Morgan fingerprint density at radius 2 is 1.71 bits per heavy atom. The number of hydrogen-bond acceptors (Lipinski definition) is 3. The van der Waals surface area contributed by atoms with Crippen molar-refractivity contribution in [2.24, 2.45) is 5.41 Å². The SMILES string of the molecule is CC(C)(C)C(=O)C1CN2CCN1CC2. The molecule has 3 heteroatoms. The van der Waals surface area contributed by atoms with Crippen LogP contribution in [0.3, 0.4) is 0 Å². The van der Waals surface area contributed by atoms with E-state index >= 15 is 0 Å². The summed E-state index contributed by atoms with van der Waals surface area (Å²) in [5.74, 6) is 0.405. The Labute approximate surface area is 86.1 Å². The minimum absolute atomic E-state index is 0.164. The molecule has 0 spiro atoms. The predicted molar refractivity (Wildman–Crippen MR) is 56.3 cm³/mol. The van der Waals surface area contributed by atoms with Crippen LogP contribution in [-0.4, -0.2) is 54.3 Å². The third-order valence-corrected chi connectivity index (χ3v) is 3.32. The molecule has 3 saturated heterocycles. The van der Waals surface area contributed by atoms with E-state index < -0.39 is 0 Å². The zero-order chi connectivity index (χ0) is 10.3. The van der Waals surface area contributed by atoms with E-state index in [1.807, 2.05) is 20.8 Å². The van der Waals surface area contributed by atoms with Crippen LogP contribution in [0.1, 0.15) is 20.8 Å². The molecule has 3 aliphatic rings. The first kappa shape index (κ1) is 10.1. The van der Waals surface area contributed by atoms with Crippen molar-refractivity contribution in [3.63, 3.8) is 0 Å². The van der Waals surface area contributed by atoms with Crippen molar-refractivity contribution in [2.45, 2.75) is 26.8 Å². The molecule has 3 heterocycles. The highest BCUT2D eigenvalue weighted by atomic mass is 16.1. The molecule has 1 unspecified atom stereocenters. The molecule has 3 aliphatic heterocycles. The first-order chi connectivity index (χ1) is 6.48. The van der Waals surface area contributed by atoms with Crippen LogP contribution >= 0.6 is 0 Å². The highest BCUT2D eigenvalue weighted by Gasteiger charge is 2.39. The highest BCUT2D eigenvalue weighted by Crippen LogP contribution is 2.24. The van der Waals surface area contributed by atoms with Gasteiger partial charge in [0, 0.05) is 38.1 Å². The molecule has 3 nitrogen and oxygen atoms in total. The van der Waals surface area contributed by atoms with Gasteiger partial charge in [0.15, 0.2) is 5.78 Å². The average molecular weight is 196 g/mol. The molecule has 80 valence electrons. The fourth-order valence-electron chi connectivity index (χ4n) is 2.37. The van der Waals surface area contributed by atoms with E-state index in [0.29, 0.717) is 5.78 Å². The summed E-state index contributed by atoms with van der Waals surface area (Å²) in [4.78, 5) is 16.9. The molecular formula is C11H20N2O. The molecule has 3 fully saturated rings. The van der Waals surface area contributed by atoms with Crippen molar-refractivity contribution in [3.8, 4) is 0 Å². The van der Waals surface area contributed by atoms with E-state index in [9.17, 15) is 4.79 Å². The molecule has 0 aromatic heterocycles. The van der Waals surface area contributed by atoms with Gasteiger partial charge in [-0.05, 0) is 0 Å². The van der Waals surface area contributed by atoms with Gasteiger partial charge in [0.2, 0.25) is 0 Å². The number of hydrogen-bond donors (Lipinski definition) is 0. The van der Waals surface area contributed by atoms with Crippen molar-refractivity contribution in [1.29, 1.82) is 0 Å². The number of piperazine rings is 3. The molecular weight excluding hydrogens is 176 g/mol. The monoisotopic (exact) mass is 196 g/mol. The topological polar surface area (TPSA) is 23.6 Å². The van der Waals surface area contributed by atoms with Gasteiger partial charge in [-0.1, -0.05) is 20.8 Å². The van der Waals surface area contributed by atoms with Gasteiger partial charge >= 0.3 is 0 Å². The van der Waals surface area contributed by atoms with Crippen molar-refractivity contribution in [2.75, 3.05) is 32.7 Å². The molecule has 0 saturated carbocycles. The number of rotatable bonds is 1. The molecule has 0 aromatic rings. The lowest BCUT2D eigenvalue weighted by atomic mass is 9.84. The maximum atomic E-state index is 12.1. The van der Waals surface area contributed by atoms with Crippen LogP contribution < -0.4 is 0 Å². The third kappa shape index (κ3) is 1.71. The second-order valence-electron chi connectivity index (χ2n) is 5.47. The second-order valence-corrected chi connectivity index (χ2v) is 5.47. The number of nitrogens with zero attached hydrogens (tertiary/aromatic N) is 2. The van der Waals surface area contributed by atoms with Crippen molar-refractivity contribution in [1.82, 2.24) is 9.80 Å². The van der Waals surface area contributed by atoms with Gasteiger partial charge in [-0.2, -0.15) is 0 Å². The summed E-state index contributed by atoms with van der Waals surface area (Å²) in [7, 11) is 0. The second kappa shape index (κ2) is 3.31. The Bertz CT molecular complexity index is 236. The zero-order valence-corrected chi connectivity index (χ0v) is 9.42. The summed E-state index contributed by atoms with van der Waals surface area (Å²) in [5.41, 5.74) is -0.191. The van der Waals surface area contributed by atoms with E-state index in [2.05, 4.69) is 9.80 Å². The Balaban J connectivity index is 2.09. The van der Waals surface area contributed by atoms with Crippen LogP contribution in [0.2, 0.25) is 0 Å². The zero-order valence-electron chi connectivity index (χ0n) is 9.42. The smallest absolute Gasteiger partial charge is 0.156 e. The van der Waals surface area contributed by atoms with Crippen LogP contribution in [0.4, 0.5) is 0 Å². The number of fused-ring (bicyclic) bond motifs is 3. The summed E-state index contributed by atoms with van der Waals surface area (Å²) < 4.78 is 0. The van der Waals surface area contributed by atoms with E-state index in [1.165, 1.54) is 0 Å². The molecule has 0 N–H and O–H groups in total. The Hall–Kier alpha value is -0.410. The predicted octanol–water partition coefficient (Wildman–Crippen LogP) is 0.601. The summed E-state index contributed by atoms with van der Waals surface area (Å²) in [6.45, 7) is 11.5. The van der Waals surface area contributed by atoms with E-state index in [1.54, 1.807) is 0 Å². The first-order valence-corrected chi connectivity index (χ1v) is 5.49. The molecule has 0 aromatic carbocycles. The number of ketones is 1. The quantitative estimate of drug-likeness (QED) is 0.613. The Kier molecular flexibility index (Phi) is 2.40. The molecule has 2 bridgehead atoms. The molecule has 0 aliphatic carbocycles. The van der Waals surface area contributed by atoms with Gasteiger partial charge in [-0.3, -0.25) is 14.6 Å². The number of carbonyl (C=O) groups is 1. The molecule has 0 amide bonds. The van der Waals surface area contributed by atoms with E-state index in [4.69, 9.17) is 0 Å². The van der Waals surface area contributed by atoms with Gasteiger partial charge in [0.05, 0.1) is 6.04 Å². The lowest BCUT2D eigenvalue weighted by Gasteiger charge is -2.48. The summed E-state index contributed by atoms with van der Waals surface area (Å²) in [5, 5.41) is 0. The van der Waals surface area contributed by atoms with Gasteiger partial charge < -0.3 is 0 Å². The third-order valence-electron chi connectivity index (χ3n) is 3.32. The van der Waals surface area contributed by atoms with Crippen LogP contribution in [0.25, 0.3) is 0 Å². The number of Topliss-reactive ketones (excluding diaryl/α,β-unsaturated/α-hetero) is 1. The van der Waals surface area contributed by atoms with Crippen LogP contribution in [0.5, 0.6) is 0 Å². The maximum absolute atomic E-state index is 12.1. The Morgan fingerprint density at radius 3 is 2.07 bits per heavy atom. The minimum atomic E-state index is -0.191. The first-order valence-electron chi connectivity index (χ1n) is 5.49. The van der Waals surface area contributed by atoms with Crippen LogP contribution in [0, 0.1) is 5.41 Å². The molecule has 3 rings (SSSR count). The van der Waals surface area contributed by atoms with Gasteiger partial charge in [0.1, 0.15) is 0 Å². The molecule has 1 atom stereocenters. The van der Waals surface area contributed by atoms with E-state index in [-0.39, 0.29) is 11.5 Å². The maximum Gasteiger partial charge on any atom is 0.156 e. The standard InChI is InChI=1S/C11H20N2O/c1-11(2,3)10(14)9-8-12-4-6-13(9)7-5-12/h9H,4-8H2,1-3H3. The summed E-state index contributed by atoms with van der Waals surface area (Å²) in [6.07, 6.45) is 0. The van der Waals surface area contributed by atoms with Gasteiger partial charge in [-0.15, -0.1) is 0 Å². The normalized spacial score (nSPS) is 37.2. The van der Waals surface area contributed by atoms with E-state index in [0.717, 1.165) is 32.7 Å². The molecule has 14 heavy (non-hydrogen) atoms. The van der Waals surface area contributed by atoms with Gasteiger partial charge in [-0.25, -0.2) is 0 Å². The van der Waals surface area contributed by atoms with Crippen molar-refractivity contribution in [3.05, 3.63) is 0 Å². The fourth-order valence-corrected chi connectivity index (χ4v) is 2.37. The number of carbonyl (C=O) groups excluding carboxylic acids is 1. The minimum Gasteiger partial charge on any atom is -0.299 e. The van der Waals surface area contributed by atoms with Gasteiger partial charge in [0.25, 0.3) is 0 Å².